The number of amides is 1. The Balaban J connectivity index is 1.64. The second-order valence-corrected chi connectivity index (χ2v) is 9.02. The maximum atomic E-state index is 12.8. The average molecular weight is 430 g/mol. The van der Waals surface area contributed by atoms with E-state index in [0.717, 1.165) is 31.6 Å². The fourth-order valence-corrected chi connectivity index (χ4v) is 5.31. The number of nitrogens with one attached hydrogen (secondary N) is 1. The molecule has 0 aliphatic carbocycles. The summed E-state index contributed by atoms with van der Waals surface area (Å²) < 4.78 is 6.18. The molecule has 4 heterocycles. The highest BCUT2D eigenvalue weighted by Gasteiger charge is 2.21. The molecular formula is C18H15N5O2S3. The number of carbonyl (C=O) groups excluding carboxylic acids is 1. The maximum Gasteiger partial charge on any atom is 0.267 e. The zero-order chi connectivity index (χ0) is 19.7. The van der Waals surface area contributed by atoms with Crippen LogP contribution in [0.15, 0.2) is 39.8 Å². The number of hydrogen-bond donors (Lipinski definition) is 1. The van der Waals surface area contributed by atoms with Crippen LogP contribution in [-0.2, 0) is 0 Å². The molecule has 4 aromatic rings. The van der Waals surface area contributed by atoms with E-state index < -0.39 is 0 Å². The van der Waals surface area contributed by atoms with E-state index in [1.54, 1.807) is 18.4 Å². The van der Waals surface area contributed by atoms with E-state index in [9.17, 15) is 4.79 Å². The number of aryl methyl sites for hydroxylation is 2. The SMILES string of the molecule is C=CCSc1nnc(NC(=O)c2sc3nc(-c4ccco4)nc(C)c3c2C)s1. The Hall–Kier alpha value is -2.56. The van der Waals surface area contributed by atoms with Gasteiger partial charge in [-0.1, -0.05) is 29.2 Å². The van der Waals surface area contributed by atoms with E-state index in [2.05, 4.69) is 32.1 Å². The number of nitrogens with zero attached hydrogens (tertiary/aromatic N) is 4. The van der Waals surface area contributed by atoms with Gasteiger partial charge in [-0.05, 0) is 31.5 Å². The van der Waals surface area contributed by atoms with Crippen molar-refractivity contribution in [1.82, 2.24) is 20.2 Å². The molecule has 0 aliphatic heterocycles. The van der Waals surface area contributed by atoms with Crippen LogP contribution in [0.1, 0.15) is 20.9 Å². The topological polar surface area (TPSA) is 93.8 Å². The van der Waals surface area contributed by atoms with Gasteiger partial charge in [0.05, 0.1) is 16.8 Å². The molecule has 0 atom stereocenters. The van der Waals surface area contributed by atoms with Gasteiger partial charge in [0.25, 0.3) is 5.91 Å². The van der Waals surface area contributed by atoms with E-state index >= 15 is 0 Å². The van der Waals surface area contributed by atoms with Gasteiger partial charge in [-0.2, -0.15) is 0 Å². The van der Waals surface area contributed by atoms with Crippen LogP contribution in [-0.4, -0.2) is 31.8 Å². The summed E-state index contributed by atoms with van der Waals surface area (Å²) in [5.74, 6) is 1.63. The Kier molecular flexibility index (Phi) is 5.25. The van der Waals surface area contributed by atoms with Crippen molar-refractivity contribution >= 4 is 55.7 Å². The first kappa shape index (κ1) is 18.8. The van der Waals surface area contributed by atoms with Crippen LogP contribution in [0.4, 0.5) is 5.13 Å². The summed E-state index contributed by atoms with van der Waals surface area (Å²) in [6, 6.07) is 3.60. The molecule has 0 aromatic carbocycles. The summed E-state index contributed by atoms with van der Waals surface area (Å²) in [7, 11) is 0. The van der Waals surface area contributed by atoms with Crippen LogP contribution in [0, 0.1) is 13.8 Å². The van der Waals surface area contributed by atoms with Gasteiger partial charge in [0.2, 0.25) is 5.13 Å². The molecule has 0 fully saturated rings. The Morgan fingerprint density at radius 2 is 2.18 bits per heavy atom. The highest BCUT2D eigenvalue weighted by Crippen LogP contribution is 2.34. The van der Waals surface area contributed by atoms with E-state index in [-0.39, 0.29) is 5.91 Å². The van der Waals surface area contributed by atoms with Gasteiger partial charge in [0.1, 0.15) is 4.83 Å². The molecule has 1 amide bonds. The van der Waals surface area contributed by atoms with Crippen molar-refractivity contribution in [3.05, 3.63) is 47.2 Å². The monoisotopic (exact) mass is 429 g/mol. The summed E-state index contributed by atoms with van der Waals surface area (Å²) in [6.45, 7) is 7.49. The standard InChI is InChI=1S/C18H15N5O2S3/c1-4-8-26-18-23-22-17(28-18)21-15(24)13-9(2)12-10(3)19-14(20-16(12)27-13)11-6-5-7-25-11/h4-7H,1,8H2,2-3H3,(H,21,22,24). The van der Waals surface area contributed by atoms with Gasteiger partial charge >= 0.3 is 0 Å². The Morgan fingerprint density at radius 3 is 2.93 bits per heavy atom. The summed E-state index contributed by atoms with van der Waals surface area (Å²) in [6.07, 6.45) is 3.38. The average Bonchev–Trinajstić information content (AvgIpc) is 3.40. The predicted octanol–water partition coefficient (Wildman–Crippen LogP) is 4.95. The third-order valence-electron chi connectivity index (χ3n) is 3.87. The lowest BCUT2D eigenvalue weighted by Gasteiger charge is -2.01. The molecule has 4 rings (SSSR count). The van der Waals surface area contributed by atoms with Crippen LogP contribution in [0.5, 0.6) is 0 Å². The first-order chi connectivity index (χ1) is 13.6. The minimum atomic E-state index is -0.226. The smallest absolute Gasteiger partial charge is 0.267 e. The molecule has 10 heteroatoms. The number of anilines is 1. The highest BCUT2D eigenvalue weighted by molar-refractivity contribution is 8.01. The van der Waals surface area contributed by atoms with Crippen LogP contribution in [0.2, 0.25) is 0 Å². The van der Waals surface area contributed by atoms with E-state index in [1.165, 1.54) is 34.4 Å². The molecule has 0 aliphatic rings. The lowest BCUT2D eigenvalue weighted by Crippen LogP contribution is -2.11. The Bertz CT molecular complexity index is 1160. The Labute approximate surface area is 172 Å². The number of fused-ring (bicyclic) bond motifs is 1. The van der Waals surface area contributed by atoms with Gasteiger partial charge < -0.3 is 4.42 Å². The second kappa shape index (κ2) is 7.82. The zero-order valence-electron chi connectivity index (χ0n) is 15.1. The zero-order valence-corrected chi connectivity index (χ0v) is 17.5. The number of rotatable bonds is 6. The fourth-order valence-electron chi connectivity index (χ4n) is 2.67. The molecule has 0 unspecified atom stereocenters. The molecule has 0 spiro atoms. The molecule has 142 valence electrons. The van der Waals surface area contributed by atoms with Crippen LogP contribution in [0.3, 0.4) is 0 Å². The lowest BCUT2D eigenvalue weighted by atomic mass is 10.1. The highest BCUT2D eigenvalue weighted by atomic mass is 32.2. The number of carbonyl (C=O) groups is 1. The largest absolute Gasteiger partial charge is 0.461 e. The van der Waals surface area contributed by atoms with Gasteiger partial charge in [0.15, 0.2) is 15.9 Å². The fraction of sp³-hybridized carbons (Fsp3) is 0.167. The molecule has 0 saturated carbocycles. The molecule has 0 radical (unpaired) electrons. The van der Waals surface area contributed by atoms with Crippen LogP contribution < -0.4 is 5.32 Å². The minimum absolute atomic E-state index is 0.226. The first-order valence-electron chi connectivity index (χ1n) is 8.27. The van der Waals surface area contributed by atoms with Crippen LogP contribution >= 0.6 is 34.4 Å². The van der Waals surface area contributed by atoms with Gasteiger partial charge in [0, 0.05) is 11.1 Å². The molecule has 1 N–H and O–H groups in total. The van der Waals surface area contributed by atoms with Crippen molar-refractivity contribution in [2.45, 2.75) is 18.2 Å². The molecule has 0 saturated heterocycles. The maximum absolute atomic E-state index is 12.8. The van der Waals surface area contributed by atoms with E-state index in [4.69, 9.17) is 4.42 Å². The molecule has 0 bridgehead atoms. The number of hydrogen-bond acceptors (Lipinski definition) is 9. The summed E-state index contributed by atoms with van der Waals surface area (Å²) in [4.78, 5) is 23.3. The summed E-state index contributed by atoms with van der Waals surface area (Å²) in [5.41, 5.74) is 1.66. The van der Waals surface area contributed by atoms with Gasteiger partial charge in [-0.3, -0.25) is 10.1 Å². The summed E-state index contributed by atoms with van der Waals surface area (Å²) in [5, 5.41) is 12.3. The number of thiophene rings is 1. The van der Waals surface area contributed by atoms with Gasteiger partial charge in [-0.25, -0.2) is 9.97 Å². The molecule has 4 aromatic heterocycles. The molecule has 28 heavy (non-hydrogen) atoms. The normalized spacial score (nSPS) is 11.1. The third-order valence-corrected chi connectivity index (χ3v) is 7.02. The summed E-state index contributed by atoms with van der Waals surface area (Å²) >= 11 is 4.19. The Morgan fingerprint density at radius 1 is 1.32 bits per heavy atom. The van der Waals surface area contributed by atoms with Crippen molar-refractivity contribution in [3.8, 4) is 11.6 Å². The van der Waals surface area contributed by atoms with Crippen molar-refractivity contribution in [2.75, 3.05) is 11.1 Å². The third kappa shape index (κ3) is 3.58. The van der Waals surface area contributed by atoms with Gasteiger partial charge in [-0.15, -0.1) is 28.1 Å². The van der Waals surface area contributed by atoms with E-state index in [1.807, 2.05) is 19.9 Å². The lowest BCUT2D eigenvalue weighted by molar-refractivity contribution is 0.103. The first-order valence-corrected chi connectivity index (χ1v) is 10.9. The van der Waals surface area contributed by atoms with Crippen LogP contribution in [0.25, 0.3) is 21.8 Å². The van der Waals surface area contributed by atoms with Crippen molar-refractivity contribution in [3.63, 3.8) is 0 Å². The second-order valence-electron chi connectivity index (χ2n) is 5.77. The van der Waals surface area contributed by atoms with Crippen molar-refractivity contribution in [2.24, 2.45) is 0 Å². The van der Waals surface area contributed by atoms with Crippen molar-refractivity contribution in [1.29, 1.82) is 0 Å². The minimum Gasteiger partial charge on any atom is -0.461 e. The quantitative estimate of drug-likeness (QED) is 0.263. The van der Waals surface area contributed by atoms with Crippen molar-refractivity contribution < 1.29 is 9.21 Å². The molecule has 7 nitrogen and oxygen atoms in total. The van der Waals surface area contributed by atoms with E-state index in [0.29, 0.717) is 21.6 Å². The predicted molar refractivity (Wildman–Crippen MR) is 113 cm³/mol. The number of aromatic nitrogens is 4. The molecular weight excluding hydrogens is 414 g/mol. The number of furan rings is 1. The number of thioether (sulfide) groups is 1.